The van der Waals surface area contributed by atoms with Gasteiger partial charge in [-0.3, -0.25) is 4.90 Å². The molecule has 0 saturated carbocycles. The third-order valence-electron chi connectivity index (χ3n) is 1.90. The Bertz CT molecular complexity index is 371. The smallest absolute Gasteiger partial charge is 0.123 e. The summed E-state index contributed by atoms with van der Waals surface area (Å²) in [4.78, 5) is 1.85. The minimum atomic E-state index is -0.249. The van der Waals surface area contributed by atoms with Crippen molar-refractivity contribution in [3.8, 4) is 6.07 Å². The molecule has 1 aromatic rings. The van der Waals surface area contributed by atoms with Crippen LogP contribution in [-0.4, -0.2) is 19.0 Å². The summed E-state index contributed by atoms with van der Waals surface area (Å²) in [5.41, 5.74) is 0.908. The molecule has 0 amide bonds. The highest BCUT2D eigenvalue weighted by atomic mass is 79.9. The molecule has 0 aromatic heterocycles. The normalized spacial score (nSPS) is 12.6. The zero-order valence-corrected chi connectivity index (χ0v) is 10.3. The van der Waals surface area contributed by atoms with Crippen LogP contribution < -0.4 is 0 Å². The summed E-state index contributed by atoms with van der Waals surface area (Å²) in [5, 5.41) is 9.59. The van der Waals surface area contributed by atoms with Gasteiger partial charge in [0.2, 0.25) is 0 Å². The average Bonchev–Trinajstić information content (AvgIpc) is 2.11. The SMILES string of the molecule is CN(C)C(C#N)c1ccc(Br)c(Cl)c1. The van der Waals surface area contributed by atoms with E-state index in [-0.39, 0.29) is 6.04 Å². The Kier molecular flexibility index (Phi) is 3.94. The van der Waals surface area contributed by atoms with Crippen LogP contribution in [0, 0.1) is 11.3 Å². The van der Waals surface area contributed by atoms with Gasteiger partial charge in [0.25, 0.3) is 0 Å². The number of halogens is 2. The van der Waals surface area contributed by atoms with Gasteiger partial charge >= 0.3 is 0 Å². The summed E-state index contributed by atoms with van der Waals surface area (Å²) in [5.74, 6) is 0. The molecule has 1 unspecified atom stereocenters. The molecule has 0 aliphatic carbocycles. The van der Waals surface area contributed by atoms with E-state index >= 15 is 0 Å². The highest BCUT2D eigenvalue weighted by Gasteiger charge is 2.13. The van der Waals surface area contributed by atoms with Crippen molar-refractivity contribution in [1.29, 1.82) is 5.26 Å². The fourth-order valence-electron chi connectivity index (χ4n) is 1.17. The standard InChI is InChI=1S/C10H10BrClN2/c1-14(2)10(6-13)7-3-4-8(11)9(12)5-7/h3-5,10H,1-2H3. The minimum absolute atomic E-state index is 0.249. The highest BCUT2D eigenvalue weighted by molar-refractivity contribution is 9.10. The first-order chi connectivity index (χ1) is 6.56. The van der Waals surface area contributed by atoms with Crippen molar-refractivity contribution in [1.82, 2.24) is 4.90 Å². The molecular weight excluding hydrogens is 263 g/mol. The third-order valence-corrected chi connectivity index (χ3v) is 3.13. The van der Waals surface area contributed by atoms with Gasteiger partial charge in [-0.15, -0.1) is 0 Å². The Morgan fingerprint density at radius 1 is 1.50 bits per heavy atom. The quantitative estimate of drug-likeness (QED) is 0.827. The molecule has 1 rings (SSSR count). The Hall–Kier alpha value is -0.560. The molecule has 0 aliphatic rings. The lowest BCUT2D eigenvalue weighted by atomic mass is 10.1. The zero-order valence-electron chi connectivity index (χ0n) is 7.96. The lowest BCUT2D eigenvalue weighted by Gasteiger charge is -2.17. The van der Waals surface area contributed by atoms with E-state index in [2.05, 4.69) is 22.0 Å². The molecule has 0 N–H and O–H groups in total. The first kappa shape index (κ1) is 11.5. The number of hydrogen-bond donors (Lipinski definition) is 0. The van der Waals surface area contributed by atoms with Gasteiger partial charge in [-0.25, -0.2) is 0 Å². The van der Waals surface area contributed by atoms with Crippen molar-refractivity contribution in [2.24, 2.45) is 0 Å². The fourth-order valence-corrected chi connectivity index (χ4v) is 1.61. The summed E-state index contributed by atoms with van der Waals surface area (Å²) < 4.78 is 0.846. The molecule has 14 heavy (non-hydrogen) atoms. The number of benzene rings is 1. The largest absolute Gasteiger partial charge is 0.291 e. The van der Waals surface area contributed by atoms with Crippen molar-refractivity contribution >= 4 is 27.5 Å². The van der Waals surface area contributed by atoms with Crippen LogP contribution in [0.15, 0.2) is 22.7 Å². The van der Waals surface area contributed by atoms with Crippen molar-refractivity contribution in [2.75, 3.05) is 14.1 Å². The number of nitriles is 1. The lowest BCUT2D eigenvalue weighted by Crippen LogP contribution is -2.18. The van der Waals surface area contributed by atoms with Crippen LogP contribution in [0.3, 0.4) is 0 Å². The summed E-state index contributed by atoms with van der Waals surface area (Å²) in [6.45, 7) is 0. The third kappa shape index (κ3) is 2.48. The number of hydrogen-bond acceptors (Lipinski definition) is 2. The van der Waals surface area contributed by atoms with E-state index in [9.17, 15) is 0 Å². The number of nitrogens with zero attached hydrogens (tertiary/aromatic N) is 2. The van der Waals surface area contributed by atoms with Gasteiger partial charge in [-0.1, -0.05) is 17.7 Å². The molecule has 0 fully saturated rings. The van der Waals surface area contributed by atoms with E-state index in [0.717, 1.165) is 10.0 Å². The summed E-state index contributed by atoms with van der Waals surface area (Å²) >= 11 is 9.25. The molecule has 0 bridgehead atoms. The van der Waals surface area contributed by atoms with Crippen molar-refractivity contribution in [3.05, 3.63) is 33.3 Å². The highest BCUT2D eigenvalue weighted by Crippen LogP contribution is 2.27. The molecule has 0 radical (unpaired) electrons. The van der Waals surface area contributed by atoms with Crippen molar-refractivity contribution in [3.63, 3.8) is 0 Å². The van der Waals surface area contributed by atoms with Crippen LogP contribution >= 0.6 is 27.5 Å². The monoisotopic (exact) mass is 272 g/mol. The van der Waals surface area contributed by atoms with E-state index in [0.29, 0.717) is 5.02 Å². The van der Waals surface area contributed by atoms with Gasteiger partial charge in [0, 0.05) is 4.47 Å². The van der Waals surface area contributed by atoms with E-state index in [1.807, 2.05) is 31.1 Å². The first-order valence-corrected chi connectivity index (χ1v) is 5.24. The maximum absolute atomic E-state index is 8.96. The van der Waals surface area contributed by atoms with Crippen LogP contribution in [0.25, 0.3) is 0 Å². The second-order valence-corrected chi connectivity index (χ2v) is 4.43. The summed E-state index contributed by atoms with van der Waals surface area (Å²) in [6, 6.07) is 7.52. The Balaban J connectivity index is 3.08. The van der Waals surface area contributed by atoms with Gasteiger partial charge in [-0.05, 0) is 47.7 Å². The molecule has 0 heterocycles. The summed E-state index contributed by atoms with van der Waals surface area (Å²) in [7, 11) is 3.73. The van der Waals surface area contributed by atoms with Crippen molar-refractivity contribution in [2.45, 2.75) is 6.04 Å². The van der Waals surface area contributed by atoms with E-state index in [4.69, 9.17) is 16.9 Å². The van der Waals surface area contributed by atoms with Crippen LogP contribution in [0.5, 0.6) is 0 Å². The molecule has 1 aromatic carbocycles. The van der Waals surface area contributed by atoms with Gasteiger partial charge < -0.3 is 0 Å². The second-order valence-electron chi connectivity index (χ2n) is 3.17. The predicted molar refractivity (Wildman–Crippen MR) is 61.2 cm³/mol. The predicted octanol–water partition coefficient (Wildman–Crippen LogP) is 3.23. The Labute approximate surface area is 97.2 Å². The summed E-state index contributed by atoms with van der Waals surface area (Å²) in [6.07, 6.45) is 0. The van der Waals surface area contributed by atoms with Crippen LogP contribution in [0.4, 0.5) is 0 Å². The van der Waals surface area contributed by atoms with Crippen molar-refractivity contribution < 1.29 is 0 Å². The average molecular weight is 274 g/mol. The Morgan fingerprint density at radius 3 is 2.57 bits per heavy atom. The van der Waals surface area contributed by atoms with E-state index in [1.165, 1.54) is 0 Å². The molecule has 2 nitrogen and oxygen atoms in total. The molecule has 0 aliphatic heterocycles. The van der Waals surface area contributed by atoms with Gasteiger partial charge in [0.05, 0.1) is 11.1 Å². The lowest BCUT2D eigenvalue weighted by molar-refractivity contribution is 0.358. The van der Waals surface area contributed by atoms with Gasteiger partial charge in [0.1, 0.15) is 6.04 Å². The fraction of sp³-hybridized carbons (Fsp3) is 0.300. The second kappa shape index (κ2) is 4.79. The molecule has 74 valence electrons. The maximum atomic E-state index is 8.96. The van der Waals surface area contributed by atoms with Crippen LogP contribution in [0.2, 0.25) is 5.02 Å². The Morgan fingerprint density at radius 2 is 2.14 bits per heavy atom. The van der Waals surface area contributed by atoms with Crippen LogP contribution in [0.1, 0.15) is 11.6 Å². The topological polar surface area (TPSA) is 27.0 Å². The molecular formula is C10H10BrClN2. The van der Waals surface area contributed by atoms with Gasteiger partial charge in [0.15, 0.2) is 0 Å². The number of rotatable bonds is 2. The van der Waals surface area contributed by atoms with E-state index in [1.54, 1.807) is 6.07 Å². The van der Waals surface area contributed by atoms with Gasteiger partial charge in [-0.2, -0.15) is 5.26 Å². The molecule has 0 spiro atoms. The van der Waals surface area contributed by atoms with E-state index < -0.39 is 0 Å². The van der Waals surface area contributed by atoms with Crippen LogP contribution in [-0.2, 0) is 0 Å². The maximum Gasteiger partial charge on any atom is 0.123 e. The zero-order chi connectivity index (χ0) is 10.7. The minimum Gasteiger partial charge on any atom is -0.291 e. The first-order valence-electron chi connectivity index (χ1n) is 4.07. The molecule has 1 atom stereocenters. The molecule has 4 heteroatoms. The molecule has 0 saturated heterocycles.